The molecule has 10 heteroatoms. The zero-order valence-electron chi connectivity index (χ0n) is 9.72. The van der Waals surface area contributed by atoms with Gasteiger partial charge in [-0.05, 0) is 0 Å². The smallest absolute Gasteiger partial charge is 0.465 e. The lowest BCUT2D eigenvalue weighted by atomic mass is 10.1. The van der Waals surface area contributed by atoms with Crippen LogP contribution in [-0.4, -0.2) is 24.4 Å². The van der Waals surface area contributed by atoms with Gasteiger partial charge >= 0.3 is 18.0 Å². The molecule has 1 rings (SSSR count). The summed E-state index contributed by atoms with van der Waals surface area (Å²) in [7, 11) is 0.954. The largest absolute Gasteiger partial charge is 0.573 e. The number of esters is 1. The first kappa shape index (κ1) is 15.2. The molecule has 0 aromatic heterocycles. The van der Waals surface area contributed by atoms with Crippen LogP contribution in [0.5, 0.6) is 5.75 Å². The third kappa shape index (κ3) is 3.35. The number of alkyl halides is 3. The zero-order valence-corrected chi connectivity index (χ0v) is 9.72. The van der Waals surface area contributed by atoms with E-state index in [0.29, 0.717) is 12.1 Å². The van der Waals surface area contributed by atoms with E-state index in [2.05, 4.69) is 9.47 Å². The van der Waals surface area contributed by atoms with Gasteiger partial charge in [0.25, 0.3) is 0 Å². The molecular formula is C10H5F3N2O5. The van der Waals surface area contributed by atoms with Crippen LogP contribution in [0, 0.1) is 21.4 Å². The van der Waals surface area contributed by atoms with Gasteiger partial charge in [-0.1, -0.05) is 0 Å². The van der Waals surface area contributed by atoms with Gasteiger partial charge in [-0.25, -0.2) is 4.79 Å². The Morgan fingerprint density at radius 1 is 1.45 bits per heavy atom. The Morgan fingerprint density at radius 3 is 2.45 bits per heavy atom. The number of hydrogen-bond donors (Lipinski definition) is 0. The third-order valence-electron chi connectivity index (χ3n) is 2.05. The number of carbonyl (C=O) groups excluding carboxylic acids is 1. The van der Waals surface area contributed by atoms with E-state index in [1.54, 1.807) is 0 Å². The van der Waals surface area contributed by atoms with Crippen LogP contribution in [-0.2, 0) is 4.74 Å². The lowest BCUT2D eigenvalue weighted by Gasteiger charge is -2.10. The quantitative estimate of drug-likeness (QED) is 0.480. The summed E-state index contributed by atoms with van der Waals surface area (Å²) in [5.74, 6) is -2.28. The maximum atomic E-state index is 12.1. The number of nitrogens with zero attached hydrogens (tertiary/aromatic N) is 2. The highest BCUT2D eigenvalue weighted by molar-refractivity contribution is 5.93. The average Bonchev–Trinajstić information content (AvgIpc) is 2.35. The van der Waals surface area contributed by atoms with Crippen molar-refractivity contribution in [1.82, 2.24) is 0 Å². The van der Waals surface area contributed by atoms with E-state index in [1.807, 2.05) is 0 Å². The molecule has 0 aliphatic rings. The Kier molecular flexibility index (Phi) is 4.14. The molecule has 20 heavy (non-hydrogen) atoms. The Morgan fingerprint density at radius 2 is 2.05 bits per heavy atom. The van der Waals surface area contributed by atoms with Crippen molar-refractivity contribution in [3.8, 4) is 11.8 Å². The minimum absolute atomic E-state index is 0.456. The van der Waals surface area contributed by atoms with Gasteiger partial charge in [0.05, 0.1) is 23.2 Å². The lowest BCUT2D eigenvalue weighted by Crippen LogP contribution is -2.18. The number of ether oxygens (including phenoxy) is 2. The number of hydrogen-bond acceptors (Lipinski definition) is 6. The molecule has 1 aromatic rings. The first-order valence-electron chi connectivity index (χ1n) is 4.76. The Bertz CT molecular complexity index is 606. The summed E-state index contributed by atoms with van der Waals surface area (Å²) in [5, 5.41) is 19.4. The van der Waals surface area contributed by atoms with Crippen LogP contribution < -0.4 is 4.74 Å². The van der Waals surface area contributed by atoms with Crippen molar-refractivity contribution >= 4 is 11.7 Å². The van der Waals surface area contributed by atoms with Crippen molar-refractivity contribution in [3.05, 3.63) is 33.4 Å². The number of halogens is 3. The minimum Gasteiger partial charge on any atom is -0.465 e. The summed E-state index contributed by atoms with van der Waals surface area (Å²) in [6, 6.07) is 2.38. The first-order valence-corrected chi connectivity index (χ1v) is 4.76. The molecule has 0 saturated heterocycles. The normalized spacial score (nSPS) is 10.6. The topological polar surface area (TPSA) is 102 Å². The van der Waals surface area contributed by atoms with Crippen LogP contribution in [0.4, 0.5) is 18.9 Å². The van der Waals surface area contributed by atoms with E-state index in [9.17, 15) is 28.1 Å². The Hall–Kier alpha value is -2.83. The molecule has 0 saturated carbocycles. The van der Waals surface area contributed by atoms with Gasteiger partial charge in [-0.2, -0.15) is 5.26 Å². The molecular weight excluding hydrogens is 285 g/mol. The fourth-order valence-electron chi connectivity index (χ4n) is 1.29. The van der Waals surface area contributed by atoms with Crippen LogP contribution in [0.1, 0.15) is 15.9 Å². The molecule has 0 atom stereocenters. The molecule has 0 N–H and O–H groups in total. The maximum Gasteiger partial charge on any atom is 0.573 e. The van der Waals surface area contributed by atoms with Crippen LogP contribution >= 0.6 is 0 Å². The molecule has 0 spiro atoms. The summed E-state index contributed by atoms with van der Waals surface area (Å²) in [5.41, 5.74) is -2.18. The van der Waals surface area contributed by atoms with Gasteiger partial charge in [0.2, 0.25) is 5.75 Å². The van der Waals surface area contributed by atoms with Crippen LogP contribution in [0.2, 0.25) is 0 Å². The fourth-order valence-corrected chi connectivity index (χ4v) is 1.29. The summed E-state index contributed by atoms with van der Waals surface area (Å²) in [6.45, 7) is 0. The maximum absolute atomic E-state index is 12.1. The highest BCUT2D eigenvalue weighted by Crippen LogP contribution is 2.34. The van der Waals surface area contributed by atoms with Crippen molar-refractivity contribution in [3.63, 3.8) is 0 Å². The van der Waals surface area contributed by atoms with E-state index >= 15 is 0 Å². The van der Waals surface area contributed by atoms with Crippen molar-refractivity contribution in [2.75, 3.05) is 7.11 Å². The molecule has 0 unspecified atom stereocenters. The number of carbonyl (C=O) groups is 1. The highest BCUT2D eigenvalue weighted by Gasteiger charge is 2.35. The monoisotopic (exact) mass is 290 g/mol. The highest BCUT2D eigenvalue weighted by atomic mass is 19.4. The second-order valence-electron chi connectivity index (χ2n) is 3.27. The number of benzene rings is 1. The van der Waals surface area contributed by atoms with Gasteiger partial charge in [-0.15, -0.1) is 13.2 Å². The second kappa shape index (κ2) is 5.43. The zero-order chi connectivity index (χ0) is 15.5. The molecule has 1 aromatic carbocycles. The molecule has 106 valence electrons. The number of methoxy groups -OCH3 is 1. The van der Waals surface area contributed by atoms with Gasteiger partial charge in [0.15, 0.2) is 0 Å². The van der Waals surface area contributed by atoms with Crippen LogP contribution in [0.15, 0.2) is 12.1 Å². The molecule has 7 nitrogen and oxygen atoms in total. The molecule has 0 heterocycles. The van der Waals surface area contributed by atoms with Crippen LogP contribution in [0.3, 0.4) is 0 Å². The SMILES string of the molecule is COC(=O)c1cc([N+](=O)[O-])c(OC(F)(F)F)cc1C#N. The van der Waals surface area contributed by atoms with Crippen molar-refractivity contribution in [2.45, 2.75) is 6.36 Å². The molecule has 0 fully saturated rings. The van der Waals surface area contributed by atoms with Gasteiger partial charge in [0.1, 0.15) is 6.07 Å². The molecule has 0 aliphatic carbocycles. The number of nitro groups is 1. The number of nitriles is 1. The first-order chi connectivity index (χ1) is 9.19. The van der Waals surface area contributed by atoms with E-state index in [-0.39, 0.29) is 0 Å². The van der Waals surface area contributed by atoms with Crippen molar-refractivity contribution < 1.29 is 32.4 Å². The summed E-state index contributed by atoms with van der Waals surface area (Å²) in [6.07, 6.45) is -5.18. The van der Waals surface area contributed by atoms with E-state index in [1.165, 1.54) is 6.07 Å². The standard InChI is InChI=1S/C10H5F3N2O5/c1-19-9(16)6-3-7(15(17)18)8(2-5(6)4-14)20-10(11,12)13/h2-3H,1H3. The Balaban J connectivity index is 3.50. The fraction of sp³-hybridized carbons (Fsp3) is 0.200. The van der Waals surface area contributed by atoms with E-state index in [0.717, 1.165) is 7.11 Å². The summed E-state index contributed by atoms with van der Waals surface area (Å²) in [4.78, 5) is 20.8. The molecule has 0 radical (unpaired) electrons. The molecule has 0 bridgehead atoms. The lowest BCUT2D eigenvalue weighted by molar-refractivity contribution is -0.388. The predicted octanol–water partition coefficient (Wildman–Crippen LogP) is 2.15. The number of rotatable bonds is 3. The van der Waals surface area contributed by atoms with Crippen molar-refractivity contribution in [1.29, 1.82) is 5.26 Å². The Labute approximate surface area is 109 Å². The van der Waals surface area contributed by atoms with Gasteiger partial charge in [-0.3, -0.25) is 10.1 Å². The van der Waals surface area contributed by atoms with Crippen molar-refractivity contribution in [2.24, 2.45) is 0 Å². The molecule has 0 aliphatic heterocycles. The summed E-state index contributed by atoms with van der Waals surface area (Å²) >= 11 is 0. The second-order valence-corrected chi connectivity index (χ2v) is 3.27. The van der Waals surface area contributed by atoms with Gasteiger partial charge in [0, 0.05) is 12.1 Å². The molecule has 0 amide bonds. The summed E-state index contributed by atoms with van der Waals surface area (Å²) < 4.78 is 44.1. The van der Waals surface area contributed by atoms with Gasteiger partial charge < -0.3 is 9.47 Å². The third-order valence-corrected chi connectivity index (χ3v) is 2.05. The number of nitro benzene ring substituents is 1. The average molecular weight is 290 g/mol. The van der Waals surface area contributed by atoms with Crippen LogP contribution in [0.25, 0.3) is 0 Å². The predicted molar refractivity (Wildman–Crippen MR) is 55.8 cm³/mol. The minimum atomic E-state index is -5.18. The van der Waals surface area contributed by atoms with E-state index < -0.39 is 39.8 Å². The van der Waals surface area contributed by atoms with E-state index in [4.69, 9.17) is 5.26 Å².